The van der Waals surface area contributed by atoms with E-state index < -0.39 is 0 Å². The SMILES string of the molecule is CCC(CC)C(=O)/C=C(\O)C(CC)CC.Cc1c(CC(C)(C)C)c(C)n2c3cc4ccccc4[c-]c3c3ncccc3c12.[Ir]. The van der Waals surface area contributed by atoms with E-state index in [9.17, 15) is 9.90 Å². The van der Waals surface area contributed by atoms with Gasteiger partial charge < -0.3 is 9.51 Å². The molecule has 1 N–H and O–H groups in total. The van der Waals surface area contributed by atoms with Gasteiger partial charge in [-0.2, -0.15) is 0 Å². The molecule has 4 nitrogen and oxygen atoms in total. The van der Waals surface area contributed by atoms with Gasteiger partial charge in [-0.3, -0.25) is 9.78 Å². The van der Waals surface area contributed by atoms with E-state index in [0.717, 1.165) is 48.4 Å². The minimum atomic E-state index is 0. The first-order valence-corrected chi connectivity index (χ1v) is 16.0. The van der Waals surface area contributed by atoms with Gasteiger partial charge >= 0.3 is 0 Å². The van der Waals surface area contributed by atoms with Crippen molar-refractivity contribution in [1.29, 1.82) is 0 Å². The molecule has 0 aliphatic rings. The number of carbonyl (C=O) groups is 1. The molecule has 0 aliphatic heterocycles. The minimum absolute atomic E-state index is 0. The number of ketones is 1. The van der Waals surface area contributed by atoms with Crippen LogP contribution in [0.3, 0.4) is 0 Å². The molecule has 0 amide bonds. The fraction of sp³-hybridized carbons (Fsp3) is 0.436. The first kappa shape index (κ1) is 35.5. The molecule has 3 heterocycles. The van der Waals surface area contributed by atoms with Gasteiger partial charge in [-0.1, -0.05) is 89.6 Å². The molecule has 5 rings (SSSR count). The molecule has 3 aromatic heterocycles. The first-order valence-electron chi connectivity index (χ1n) is 16.0. The second kappa shape index (κ2) is 14.8. The predicted octanol–water partition coefficient (Wildman–Crippen LogP) is 10.7. The van der Waals surface area contributed by atoms with Crippen LogP contribution in [0.4, 0.5) is 0 Å². The molecule has 237 valence electrons. The average molecular weight is 770 g/mol. The molecule has 44 heavy (non-hydrogen) atoms. The Bertz CT molecular complexity index is 1780. The quantitative estimate of drug-likeness (QED) is 0.0562. The Hall–Kier alpha value is -3.01. The van der Waals surface area contributed by atoms with E-state index in [1.54, 1.807) is 0 Å². The summed E-state index contributed by atoms with van der Waals surface area (Å²) in [5.41, 5.74) is 7.93. The summed E-state index contributed by atoms with van der Waals surface area (Å²) in [6, 6.07) is 18.7. The molecular weight excluding hydrogens is 721 g/mol. The van der Waals surface area contributed by atoms with Gasteiger partial charge in [0.15, 0.2) is 5.78 Å². The number of fused-ring (bicyclic) bond motifs is 7. The van der Waals surface area contributed by atoms with Crippen LogP contribution in [0.25, 0.3) is 38.1 Å². The van der Waals surface area contributed by atoms with Crippen LogP contribution < -0.4 is 0 Å². The summed E-state index contributed by atoms with van der Waals surface area (Å²) in [7, 11) is 0. The number of pyridine rings is 2. The summed E-state index contributed by atoms with van der Waals surface area (Å²) in [6.45, 7) is 19.5. The molecule has 0 spiro atoms. The topological polar surface area (TPSA) is 54.6 Å². The molecule has 0 aliphatic carbocycles. The Morgan fingerprint density at radius 3 is 2.23 bits per heavy atom. The van der Waals surface area contributed by atoms with Crippen LogP contribution in [0.2, 0.25) is 0 Å². The number of hydrogen-bond acceptors (Lipinski definition) is 3. The second-order valence-corrected chi connectivity index (χ2v) is 13.1. The van der Waals surface area contributed by atoms with Crippen molar-refractivity contribution in [1.82, 2.24) is 9.38 Å². The van der Waals surface area contributed by atoms with Gasteiger partial charge in [0.1, 0.15) is 0 Å². The van der Waals surface area contributed by atoms with Crippen molar-refractivity contribution in [2.75, 3.05) is 0 Å². The van der Waals surface area contributed by atoms with Crippen molar-refractivity contribution in [3.63, 3.8) is 0 Å². The maximum absolute atomic E-state index is 11.7. The summed E-state index contributed by atoms with van der Waals surface area (Å²) < 4.78 is 2.44. The van der Waals surface area contributed by atoms with Crippen molar-refractivity contribution in [2.24, 2.45) is 17.3 Å². The first-order chi connectivity index (χ1) is 20.4. The number of aliphatic hydroxyl groups is 1. The fourth-order valence-electron chi connectivity index (χ4n) is 6.39. The van der Waals surface area contributed by atoms with Crippen LogP contribution in [-0.2, 0) is 31.3 Å². The number of benzene rings is 2. The third-order valence-corrected chi connectivity index (χ3v) is 8.90. The number of nitrogens with zero attached hydrogens (tertiary/aromatic N) is 2. The maximum atomic E-state index is 11.7. The molecule has 1 radical (unpaired) electrons. The number of rotatable bonds is 8. The number of hydrogen-bond donors (Lipinski definition) is 1. The van der Waals surface area contributed by atoms with E-state index >= 15 is 0 Å². The van der Waals surface area contributed by atoms with Gasteiger partial charge in [0, 0.05) is 60.9 Å². The molecule has 2 aromatic carbocycles. The summed E-state index contributed by atoms with van der Waals surface area (Å²) in [4.78, 5) is 16.5. The summed E-state index contributed by atoms with van der Waals surface area (Å²) in [5, 5.41) is 14.4. The fourth-order valence-corrected chi connectivity index (χ4v) is 6.39. The molecule has 0 bridgehead atoms. The number of carbonyl (C=O) groups excluding carboxylic acids is 1. The minimum Gasteiger partial charge on any atom is -0.512 e. The summed E-state index contributed by atoms with van der Waals surface area (Å²) in [5.74, 6) is 0.547. The van der Waals surface area contributed by atoms with Crippen LogP contribution in [0, 0.1) is 37.2 Å². The Morgan fingerprint density at radius 1 is 0.977 bits per heavy atom. The third-order valence-electron chi connectivity index (χ3n) is 8.90. The summed E-state index contributed by atoms with van der Waals surface area (Å²) in [6.07, 6.45) is 7.86. The Balaban J connectivity index is 0.000000286. The average Bonchev–Trinajstić information content (AvgIpc) is 3.22. The molecule has 0 unspecified atom stereocenters. The van der Waals surface area contributed by atoms with E-state index in [2.05, 4.69) is 81.5 Å². The zero-order valence-electron chi connectivity index (χ0n) is 28.0. The van der Waals surface area contributed by atoms with E-state index in [1.165, 1.54) is 44.7 Å². The number of aryl methyl sites for hydroxylation is 2. The number of aliphatic hydroxyl groups excluding tert-OH is 1. The molecular formula is C39H49IrN2O2-. The Morgan fingerprint density at radius 2 is 1.61 bits per heavy atom. The zero-order chi connectivity index (χ0) is 31.5. The van der Waals surface area contributed by atoms with Gasteiger partial charge in [-0.25, -0.2) is 0 Å². The van der Waals surface area contributed by atoms with Gasteiger partial charge in [0.25, 0.3) is 0 Å². The molecule has 0 fully saturated rings. The Labute approximate surface area is 277 Å². The van der Waals surface area contributed by atoms with Crippen LogP contribution in [-0.4, -0.2) is 20.3 Å². The summed E-state index contributed by atoms with van der Waals surface area (Å²) >= 11 is 0. The van der Waals surface area contributed by atoms with E-state index in [4.69, 9.17) is 4.98 Å². The standard InChI is InChI=1S/C26H25N2.C13H24O2.Ir/c1-16-22(15-26(3,4)5)17(2)28-23-14-19-10-7-6-9-18(19)13-21(23)24-20(25(16)28)11-8-12-27-24;1-5-10(6-2)12(14)9-13(15)11(7-3)8-4;/h6-12,14H,15H2,1-5H3;9-11,14H,5-8H2,1-4H3;/q-1;;/b;12-9-;. The van der Waals surface area contributed by atoms with Crippen LogP contribution in [0.5, 0.6) is 0 Å². The van der Waals surface area contributed by atoms with E-state index in [-0.39, 0.29) is 48.9 Å². The monoisotopic (exact) mass is 770 g/mol. The maximum Gasteiger partial charge on any atom is 0.162 e. The van der Waals surface area contributed by atoms with Crippen LogP contribution in [0.15, 0.2) is 60.5 Å². The largest absolute Gasteiger partial charge is 0.512 e. The van der Waals surface area contributed by atoms with E-state index in [1.807, 2.05) is 40.0 Å². The molecule has 0 saturated carbocycles. The van der Waals surface area contributed by atoms with Crippen LogP contribution >= 0.6 is 0 Å². The van der Waals surface area contributed by atoms with E-state index in [0.29, 0.717) is 0 Å². The Kier molecular flexibility index (Phi) is 12.0. The smallest absolute Gasteiger partial charge is 0.162 e. The van der Waals surface area contributed by atoms with Gasteiger partial charge in [-0.15, -0.1) is 17.5 Å². The molecule has 0 saturated heterocycles. The normalized spacial score (nSPS) is 12.3. The third kappa shape index (κ3) is 7.27. The van der Waals surface area contributed by atoms with Gasteiger partial charge in [0.2, 0.25) is 0 Å². The van der Waals surface area contributed by atoms with Crippen LogP contribution in [0.1, 0.15) is 91.0 Å². The van der Waals surface area contributed by atoms with Crippen molar-refractivity contribution in [3.8, 4) is 0 Å². The molecule has 5 heteroatoms. The van der Waals surface area contributed by atoms with Gasteiger partial charge in [0.05, 0.1) is 5.76 Å². The van der Waals surface area contributed by atoms with Crippen molar-refractivity contribution in [3.05, 3.63) is 83.4 Å². The number of allylic oxidation sites excluding steroid dienone is 2. The van der Waals surface area contributed by atoms with Crippen molar-refractivity contribution >= 4 is 43.9 Å². The van der Waals surface area contributed by atoms with Gasteiger partial charge in [-0.05, 0) is 79.5 Å². The zero-order valence-corrected chi connectivity index (χ0v) is 30.4. The molecule has 5 aromatic rings. The number of aromatic nitrogens is 2. The predicted molar refractivity (Wildman–Crippen MR) is 183 cm³/mol. The van der Waals surface area contributed by atoms with Crippen molar-refractivity contribution in [2.45, 2.75) is 94.4 Å². The second-order valence-electron chi connectivity index (χ2n) is 13.1. The molecule has 0 atom stereocenters. The van der Waals surface area contributed by atoms with Crippen molar-refractivity contribution < 1.29 is 30.0 Å².